The lowest BCUT2D eigenvalue weighted by Crippen LogP contribution is -2.48. The summed E-state index contributed by atoms with van der Waals surface area (Å²) in [4.78, 5) is 47.7. The van der Waals surface area contributed by atoms with Crippen LogP contribution in [0.15, 0.2) is 106 Å². The number of β-amino-alcohol motifs (C(OH)–C–C–N with tert-alkyl or cyclic N) is 1. The number of ether oxygens (including phenoxy) is 1. The third kappa shape index (κ3) is 9.54. The van der Waals surface area contributed by atoms with E-state index in [0.29, 0.717) is 22.4 Å². The molecule has 0 radical (unpaired) electrons. The number of phenols is 1. The van der Waals surface area contributed by atoms with E-state index in [1.807, 2.05) is 70.6 Å². The standard InChI is InChI=1S/C47H50N10O7S/c1-26(2)43(47(62)56-24-34(58)18-38(56)46(61)51-27(3)30-10-12-31(13-11-30)44-28(4)49-25-65-44)40-20-41(54-64-40)63-17-16-55-22-32(14-15-42(55)60)29(5)57-23-33(21-50-57)36-19-37(52-53-45(36)48)35-8-6-7-9-39(35)59/h6-15,19-23,25-27,29,34,38,43,58-59H,16-18,24H2,1-5H3,(H2,48,53)(H,51,61)/t27-,29?,34+,38-,43?/m0/s1. The van der Waals surface area contributed by atoms with Crippen LogP contribution in [0.1, 0.15) is 74.7 Å². The number of anilines is 1. The summed E-state index contributed by atoms with van der Waals surface area (Å²) in [6.45, 7) is 9.80. The molecule has 1 aliphatic heterocycles. The molecule has 5 aromatic heterocycles. The average molecular weight is 899 g/mol. The van der Waals surface area contributed by atoms with Crippen LogP contribution in [0.4, 0.5) is 5.82 Å². The topological polar surface area (TPSA) is 230 Å². The van der Waals surface area contributed by atoms with Crippen LogP contribution in [-0.4, -0.2) is 86.9 Å². The predicted molar refractivity (Wildman–Crippen MR) is 244 cm³/mol. The number of likely N-dealkylation sites (tertiary alicyclic amines) is 1. The van der Waals surface area contributed by atoms with E-state index in [0.717, 1.165) is 27.3 Å². The van der Waals surface area contributed by atoms with Crippen LogP contribution in [0.5, 0.6) is 11.6 Å². The van der Waals surface area contributed by atoms with Gasteiger partial charge in [-0.2, -0.15) is 5.10 Å². The Kier molecular flexibility index (Phi) is 12.9. The molecule has 7 aromatic rings. The second-order valence-electron chi connectivity index (χ2n) is 16.6. The largest absolute Gasteiger partial charge is 0.507 e. The van der Waals surface area contributed by atoms with E-state index in [1.165, 1.54) is 15.5 Å². The number of carbonyl (C=O) groups is 2. The summed E-state index contributed by atoms with van der Waals surface area (Å²) in [7, 11) is 0. The van der Waals surface area contributed by atoms with Crippen molar-refractivity contribution in [3.8, 4) is 44.5 Å². The van der Waals surface area contributed by atoms with Crippen LogP contribution in [0, 0.1) is 12.8 Å². The van der Waals surface area contributed by atoms with Crippen LogP contribution in [-0.2, 0) is 16.1 Å². The van der Waals surface area contributed by atoms with Crippen LogP contribution in [0.25, 0.3) is 32.8 Å². The Bertz CT molecular complexity index is 2870. The first kappa shape index (κ1) is 44.4. The van der Waals surface area contributed by atoms with Crippen molar-refractivity contribution in [2.24, 2.45) is 5.92 Å². The maximum absolute atomic E-state index is 14.2. The summed E-state index contributed by atoms with van der Waals surface area (Å²) < 4.78 is 14.9. The molecule has 1 aliphatic rings. The molecular formula is C47H50N10O7S. The summed E-state index contributed by atoms with van der Waals surface area (Å²) in [5, 5.41) is 41.0. The van der Waals surface area contributed by atoms with Crippen molar-refractivity contribution in [3.05, 3.63) is 130 Å². The number of pyridine rings is 1. The quantitative estimate of drug-likeness (QED) is 0.0907. The third-order valence-electron chi connectivity index (χ3n) is 11.8. The van der Waals surface area contributed by atoms with Crippen molar-refractivity contribution in [2.75, 3.05) is 18.9 Å². The minimum Gasteiger partial charge on any atom is -0.507 e. The van der Waals surface area contributed by atoms with Gasteiger partial charge in [0.2, 0.25) is 11.8 Å². The number of aromatic hydroxyl groups is 1. The van der Waals surface area contributed by atoms with Gasteiger partial charge in [0.15, 0.2) is 11.6 Å². The van der Waals surface area contributed by atoms with Crippen LogP contribution in [0.3, 0.4) is 0 Å². The molecule has 0 bridgehead atoms. The maximum Gasteiger partial charge on any atom is 0.254 e. The first-order valence-electron chi connectivity index (χ1n) is 21.3. The van der Waals surface area contributed by atoms with E-state index in [-0.39, 0.29) is 84.7 Å². The fraction of sp³-hybridized carbons (Fsp3) is 0.319. The van der Waals surface area contributed by atoms with Crippen molar-refractivity contribution in [1.82, 2.24) is 44.9 Å². The highest BCUT2D eigenvalue weighted by Gasteiger charge is 2.43. The van der Waals surface area contributed by atoms with Gasteiger partial charge in [-0.15, -0.1) is 21.5 Å². The molecule has 336 valence electrons. The van der Waals surface area contributed by atoms with E-state index in [4.69, 9.17) is 15.0 Å². The Hall–Kier alpha value is -7.18. The molecule has 5 N–H and O–H groups in total. The van der Waals surface area contributed by atoms with Crippen LogP contribution >= 0.6 is 11.3 Å². The normalized spacial score (nSPS) is 16.4. The second kappa shape index (κ2) is 18.9. The molecule has 1 fully saturated rings. The maximum atomic E-state index is 14.2. The van der Waals surface area contributed by atoms with Crippen LogP contribution in [0.2, 0.25) is 0 Å². The Balaban J connectivity index is 0.891. The Morgan fingerprint density at radius 1 is 0.985 bits per heavy atom. The van der Waals surface area contributed by atoms with E-state index in [9.17, 15) is 24.6 Å². The number of nitrogen functional groups attached to an aromatic ring is 1. The van der Waals surface area contributed by atoms with E-state index >= 15 is 0 Å². The summed E-state index contributed by atoms with van der Waals surface area (Å²) in [5.74, 6) is -1.10. The number of benzene rings is 2. The summed E-state index contributed by atoms with van der Waals surface area (Å²) in [5.41, 5.74) is 13.8. The Morgan fingerprint density at radius 3 is 2.49 bits per heavy atom. The number of amides is 2. The molecule has 1 saturated heterocycles. The van der Waals surface area contributed by atoms with Gasteiger partial charge in [-0.1, -0.05) is 50.2 Å². The van der Waals surface area contributed by atoms with E-state index in [1.54, 1.807) is 70.9 Å². The van der Waals surface area contributed by atoms with E-state index < -0.39 is 18.1 Å². The predicted octanol–water partition coefficient (Wildman–Crippen LogP) is 6.14. The minimum atomic E-state index is -0.882. The summed E-state index contributed by atoms with van der Waals surface area (Å²) in [6, 6.07) is 19.8. The molecule has 2 unspecified atom stereocenters. The van der Waals surface area contributed by atoms with Gasteiger partial charge in [0.25, 0.3) is 11.4 Å². The number of aromatic nitrogens is 7. The fourth-order valence-electron chi connectivity index (χ4n) is 8.12. The van der Waals surface area contributed by atoms with Crippen molar-refractivity contribution in [2.45, 2.75) is 77.7 Å². The zero-order chi connectivity index (χ0) is 45.9. The first-order chi connectivity index (χ1) is 31.2. The molecular weight excluding hydrogens is 849 g/mol. The van der Waals surface area contributed by atoms with Gasteiger partial charge < -0.3 is 40.0 Å². The number of para-hydroxylation sites is 1. The number of thiazole rings is 1. The molecule has 65 heavy (non-hydrogen) atoms. The molecule has 5 atom stereocenters. The van der Waals surface area contributed by atoms with Crippen molar-refractivity contribution < 1.29 is 29.1 Å². The van der Waals surface area contributed by atoms with Crippen molar-refractivity contribution in [1.29, 1.82) is 0 Å². The minimum absolute atomic E-state index is 0.00146. The number of aliphatic hydroxyl groups is 1. The molecule has 0 spiro atoms. The number of phenolic OH excluding ortho intramolecular Hbond substituents is 1. The fourth-order valence-corrected chi connectivity index (χ4v) is 8.93. The molecule has 0 saturated carbocycles. The molecule has 6 heterocycles. The monoisotopic (exact) mass is 898 g/mol. The van der Waals surface area contributed by atoms with Gasteiger partial charge in [0.1, 0.15) is 24.3 Å². The SMILES string of the molecule is Cc1ncsc1-c1ccc([C@H](C)NC(=O)[C@@H]2C[C@@H](O)CN2C(=O)C(c2cc(OCCn3cc(C(C)n4cc(-c5cc(-c6ccccc6O)nnc5N)cn4)ccc3=O)no2)C(C)C)cc1. The zero-order valence-electron chi connectivity index (χ0n) is 36.5. The number of aryl methyl sites for hydroxylation is 1. The number of hydrogen-bond acceptors (Lipinski definition) is 14. The molecule has 0 aliphatic carbocycles. The number of nitrogens with two attached hydrogens (primary N) is 1. The van der Waals surface area contributed by atoms with Crippen molar-refractivity contribution in [3.63, 3.8) is 0 Å². The number of nitrogens with zero attached hydrogens (tertiary/aromatic N) is 8. The molecule has 17 nitrogen and oxygen atoms in total. The Labute approximate surface area is 378 Å². The molecule has 18 heteroatoms. The highest BCUT2D eigenvalue weighted by molar-refractivity contribution is 7.13. The van der Waals surface area contributed by atoms with Crippen LogP contribution < -0.4 is 21.3 Å². The lowest BCUT2D eigenvalue weighted by atomic mass is 9.91. The molecule has 2 amide bonds. The van der Waals surface area contributed by atoms with Gasteiger partial charge >= 0.3 is 0 Å². The lowest BCUT2D eigenvalue weighted by molar-refractivity contribution is -0.141. The van der Waals surface area contributed by atoms with E-state index in [2.05, 4.69) is 30.8 Å². The summed E-state index contributed by atoms with van der Waals surface area (Å²) in [6.07, 6.45) is 4.48. The zero-order valence-corrected chi connectivity index (χ0v) is 37.3. The molecule has 2 aromatic carbocycles. The average Bonchev–Trinajstić information content (AvgIpc) is 4.13. The summed E-state index contributed by atoms with van der Waals surface area (Å²) >= 11 is 1.57. The highest BCUT2D eigenvalue weighted by atomic mass is 32.1. The lowest BCUT2D eigenvalue weighted by Gasteiger charge is -2.29. The number of nitrogens with one attached hydrogen (secondary N) is 1. The Morgan fingerprint density at radius 2 is 1.75 bits per heavy atom. The van der Waals surface area contributed by atoms with Gasteiger partial charge in [-0.3, -0.25) is 19.1 Å². The third-order valence-corrected chi connectivity index (χ3v) is 12.7. The van der Waals surface area contributed by atoms with Crippen molar-refractivity contribution >= 4 is 29.0 Å². The highest BCUT2D eigenvalue weighted by Crippen LogP contribution is 2.35. The number of rotatable bonds is 15. The molecule has 8 rings (SSSR count). The number of carbonyl (C=O) groups excluding carboxylic acids is 2. The smallest absolute Gasteiger partial charge is 0.254 e. The van der Waals surface area contributed by atoms with Gasteiger partial charge in [-0.25, -0.2) is 4.98 Å². The van der Waals surface area contributed by atoms with Gasteiger partial charge in [-0.05, 0) is 72.8 Å². The number of aliphatic hydroxyl groups excluding tert-OH is 1. The number of hydrogen-bond donors (Lipinski definition) is 4. The van der Waals surface area contributed by atoms with Gasteiger partial charge in [0, 0.05) is 54.2 Å². The first-order valence-corrected chi connectivity index (χ1v) is 22.2. The second-order valence-corrected chi connectivity index (χ2v) is 17.4. The van der Waals surface area contributed by atoms with Gasteiger partial charge in [0.05, 0.1) is 52.7 Å².